The van der Waals surface area contributed by atoms with Crippen LogP contribution < -0.4 is 10.9 Å². The van der Waals surface area contributed by atoms with E-state index in [0.29, 0.717) is 22.7 Å². The molecule has 2 rings (SSSR count). The van der Waals surface area contributed by atoms with E-state index in [1.807, 2.05) is 6.92 Å². The zero-order chi connectivity index (χ0) is 18.4. The maximum absolute atomic E-state index is 13.6. The van der Waals surface area contributed by atoms with Gasteiger partial charge in [-0.25, -0.2) is 13.8 Å². The SMILES string of the molecule is CCSCc1cc(=O)[nH]c(SC(C)C(=O)Nc2ccc(F)cc2F)n1. The molecule has 0 saturated carbocycles. The molecule has 1 heterocycles. The topological polar surface area (TPSA) is 74.8 Å². The first-order chi connectivity index (χ1) is 11.9. The number of carbonyl (C=O) groups excluding carboxylic acids is 1. The van der Waals surface area contributed by atoms with Gasteiger partial charge in [-0.1, -0.05) is 18.7 Å². The van der Waals surface area contributed by atoms with Gasteiger partial charge >= 0.3 is 0 Å². The maximum Gasteiger partial charge on any atom is 0.251 e. The number of rotatable bonds is 7. The quantitative estimate of drug-likeness (QED) is 0.564. The summed E-state index contributed by atoms with van der Waals surface area (Å²) in [5, 5.41) is 2.08. The first-order valence-corrected chi connectivity index (χ1v) is 9.53. The van der Waals surface area contributed by atoms with Crippen molar-refractivity contribution >= 4 is 35.1 Å². The molecule has 134 valence electrons. The van der Waals surface area contributed by atoms with Gasteiger partial charge in [0.2, 0.25) is 5.91 Å². The summed E-state index contributed by atoms with van der Waals surface area (Å²) >= 11 is 2.69. The number of nitrogens with zero attached hydrogens (tertiary/aromatic N) is 1. The Bertz CT molecular complexity index is 814. The predicted molar refractivity (Wildman–Crippen MR) is 97.0 cm³/mol. The fraction of sp³-hybridized carbons (Fsp3) is 0.312. The minimum Gasteiger partial charge on any atom is -0.323 e. The van der Waals surface area contributed by atoms with Gasteiger partial charge in [-0.2, -0.15) is 11.8 Å². The average molecular weight is 385 g/mol. The van der Waals surface area contributed by atoms with Crippen molar-refractivity contribution in [3.63, 3.8) is 0 Å². The molecule has 0 aliphatic rings. The number of amides is 1. The van der Waals surface area contributed by atoms with Gasteiger partial charge in [-0.3, -0.25) is 9.59 Å². The number of benzene rings is 1. The molecule has 0 spiro atoms. The van der Waals surface area contributed by atoms with Crippen LogP contribution in [0.5, 0.6) is 0 Å². The zero-order valence-corrected chi connectivity index (χ0v) is 15.3. The third kappa shape index (κ3) is 5.86. The van der Waals surface area contributed by atoms with Crippen molar-refractivity contribution < 1.29 is 13.6 Å². The lowest BCUT2D eigenvalue weighted by Gasteiger charge is -2.12. The second-order valence-corrected chi connectivity index (χ2v) is 7.66. The molecule has 2 aromatic rings. The summed E-state index contributed by atoms with van der Waals surface area (Å²) in [6, 6.07) is 4.33. The molecule has 0 saturated heterocycles. The largest absolute Gasteiger partial charge is 0.323 e. The third-order valence-corrected chi connectivity index (χ3v) is 4.97. The first-order valence-electron chi connectivity index (χ1n) is 7.49. The van der Waals surface area contributed by atoms with Gasteiger partial charge in [0.05, 0.1) is 16.6 Å². The molecule has 0 bridgehead atoms. The van der Waals surface area contributed by atoms with Crippen LogP contribution in [0.4, 0.5) is 14.5 Å². The van der Waals surface area contributed by atoms with Gasteiger partial charge in [0.25, 0.3) is 5.56 Å². The molecule has 0 fully saturated rings. The minimum atomic E-state index is -0.851. The highest BCUT2D eigenvalue weighted by molar-refractivity contribution is 8.00. The summed E-state index contributed by atoms with van der Waals surface area (Å²) in [7, 11) is 0. The number of hydrogen-bond acceptors (Lipinski definition) is 5. The molecule has 1 unspecified atom stereocenters. The third-order valence-electron chi connectivity index (χ3n) is 3.07. The van der Waals surface area contributed by atoms with Crippen LogP contribution >= 0.6 is 23.5 Å². The van der Waals surface area contributed by atoms with Gasteiger partial charge in [-0.05, 0) is 24.8 Å². The van der Waals surface area contributed by atoms with Crippen LogP contribution in [0.25, 0.3) is 0 Å². The van der Waals surface area contributed by atoms with E-state index in [0.717, 1.165) is 29.6 Å². The number of halogens is 2. The highest BCUT2D eigenvalue weighted by atomic mass is 32.2. The van der Waals surface area contributed by atoms with E-state index in [1.165, 1.54) is 6.07 Å². The van der Waals surface area contributed by atoms with Gasteiger partial charge in [0, 0.05) is 17.9 Å². The molecule has 0 aliphatic heterocycles. The van der Waals surface area contributed by atoms with Crippen molar-refractivity contribution in [1.82, 2.24) is 9.97 Å². The van der Waals surface area contributed by atoms with Crippen LogP contribution in [0, 0.1) is 11.6 Å². The lowest BCUT2D eigenvalue weighted by molar-refractivity contribution is -0.115. The van der Waals surface area contributed by atoms with Crippen molar-refractivity contribution in [2.75, 3.05) is 11.1 Å². The molecule has 1 aromatic heterocycles. The Morgan fingerprint density at radius 3 is 2.80 bits per heavy atom. The maximum atomic E-state index is 13.6. The van der Waals surface area contributed by atoms with E-state index in [9.17, 15) is 18.4 Å². The lowest BCUT2D eigenvalue weighted by Crippen LogP contribution is -2.24. The van der Waals surface area contributed by atoms with Crippen molar-refractivity contribution in [3.8, 4) is 0 Å². The number of aromatic amines is 1. The van der Waals surface area contributed by atoms with Gasteiger partial charge in [0.1, 0.15) is 11.6 Å². The number of carbonyl (C=O) groups is 1. The van der Waals surface area contributed by atoms with E-state index in [4.69, 9.17) is 0 Å². The molecular weight excluding hydrogens is 368 g/mol. The molecule has 1 amide bonds. The smallest absolute Gasteiger partial charge is 0.251 e. The molecule has 9 heteroatoms. The van der Waals surface area contributed by atoms with E-state index >= 15 is 0 Å². The van der Waals surface area contributed by atoms with E-state index in [1.54, 1.807) is 18.7 Å². The standard InChI is InChI=1S/C16H17F2N3O2S2/c1-3-24-8-11-7-14(22)21-16(19-11)25-9(2)15(23)20-13-5-4-10(17)6-12(13)18/h4-7,9H,3,8H2,1-2H3,(H,20,23)(H,19,21,22). The Morgan fingerprint density at radius 2 is 2.12 bits per heavy atom. The molecule has 1 aromatic carbocycles. The Morgan fingerprint density at radius 1 is 1.36 bits per heavy atom. The monoisotopic (exact) mass is 385 g/mol. The first kappa shape index (κ1) is 19.5. The van der Waals surface area contributed by atoms with Gasteiger partial charge in [-0.15, -0.1) is 0 Å². The number of thioether (sulfide) groups is 2. The second kappa shape index (κ2) is 9.00. The Hall–Kier alpha value is -1.87. The number of anilines is 1. The predicted octanol–water partition coefficient (Wildman–Crippen LogP) is 3.42. The van der Waals surface area contributed by atoms with E-state index in [-0.39, 0.29) is 11.2 Å². The lowest BCUT2D eigenvalue weighted by atomic mass is 10.3. The number of nitrogens with one attached hydrogen (secondary N) is 2. The molecule has 25 heavy (non-hydrogen) atoms. The van der Waals surface area contributed by atoms with Crippen molar-refractivity contribution in [2.24, 2.45) is 0 Å². The summed E-state index contributed by atoms with van der Waals surface area (Å²) in [6.45, 7) is 3.61. The van der Waals surface area contributed by atoms with Crippen molar-refractivity contribution in [1.29, 1.82) is 0 Å². The average Bonchev–Trinajstić information content (AvgIpc) is 2.54. The highest BCUT2D eigenvalue weighted by Gasteiger charge is 2.18. The van der Waals surface area contributed by atoms with Gasteiger partial charge < -0.3 is 10.3 Å². The molecule has 1 atom stereocenters. The van der Waals surface area contributed by atoms with E-state index in [2.05, 4.69) is 15.3 Å². The molecule has 0 radical (unpaired) electrons. The van der Waals surface area contributed by atoms with Crippen LogP contribution in [0.2, 0.25) is 0 Å². The molecule has 5 nitrogen and oxygen atoms in total. The number of aromatic nitrogens is 2. The van der Waals surface area contributed by atoms with Gasteiger partial charge in [0.15, 0.2) is 5.16 Å². The Labute approximate surface area is 152 Å². The van der Waals surface area contributed by atoms with Crippen LogP contribution in [-0.4, -0.2) is 26.9 Å². The van der Waals surface area contributed by atoms with Crippen LogP contribution in [0.15, 0.2) is 34.2 Å². The molecule has 0 aliphatic carbocycles. The summed E-state index contributed by atoms with van der Waals surface area (Å²) in [6.07, 6.45) is 0. The summed E-state index contributed by atoms with van der Waals surface area (Å²) in [5.74, 6) is -0.544. The second-order valence-electron chi connectivity index (χ2n) is 5.05. The fourth-order valence-electron chi connectivity index (χ4n) is 1.87. The Kier molecular flexibility index (Phi) is 7.01. The van der Waals surface area contributed by atoms with Crippen molar-refractivity contribution in [2.45, 2.75) is 30.0 Å². The summed E-state index contributed by atoms with van der Waals surface area (Å²) in [4.78, 5) is 30.8. The number of H-pyrrole nitrogens is 1. The zero-order valence-electron chi connectivity index (χ0n) is 13.6. The van der Waals surface area contributed by atoms with Crippen molar-refractivity contribution in [3.05, 3.63) is 51.9 Å². The van der Waals surface area contributed by atoms with Crippen LogP contribution in [0.1, 0.15) is 19.5 Å². The molecular formula is C16H17F2N3O2S2. The van der Waals surface area contributed by atoms with Crippen LogP contribution in [0.3, 0.4) is 0 Å². The molecule has 2 N–H and O–H groups in total. The summed E-state index contributed by atoms with van der Waals surface area (Å²) in [5.41, 5.74) is 0.241. The fourth-order valence-corrected chi connectivity index (χ4v) is 3.26. The normalized spacial score (nSPS) is 12.0. The number of hydrogen-bond donors (Lipinski definition) is 2. The summed E-state index contributed by atoms with van der Waals surface area (Å²) < 4.78 is 26.5. The van der Waals surface area contributed by atoms with Crippen LogP contribution in [-0.2, 0) is 10.5 Å². The Balaban J connectivity index is 2.05. The minimum absolute atomic E-state index is 0.103. The highest BCUT2D eigenvalue weighted by Crippen LogP contribution is 2.22. The van der Waals surface area contributed by atoms with E-state index < -0.39 is 22.8 Å².